The first-order chi connectivity index (χ1) is 11.9. The zero-order valence-corrected chi connectivity index (χ0v) is 16.2. The second kappa shape index (κ2) is 6.17. The van der Waals surface area contributed by atoms with Crippen LogP contribution in [0.15, 0.2) is 38.5 Å². The molecule has 0 radical (unpaired) electrons. The maximum Gasteiger partial charge on any atom is 0.252 e. The summed E-state index contributed by atoms with van der Waals surface area (Å²) in [5.74, 6) is 0.0612. The summed E-state index contributed by atoms with van der Waals surface area (Å²) < 4.78 is 27.6. The van der Waals surface area contributed by atoms with Crippen LogP contribution in [0, 0.1) is 0 Å². The Morgan fingerprint density at radius 1 is 1.20 bits per heavy atom. The molecule has 134 valence electrons. The Balaban J connectivity index is 1.61. The van der Waals surface area contributed by atoms with Gasteiger partial charge < -0.3 is 4.90 Å². The van der Waals surface area contributed by atoms with Gasteiger partial charge in [0.25, 0.3) is 10.0 Å². The molecule has 6 nitrogen and oxygen atoms in total. The lowest BCUT2D eigenvalue weighted by atomic mass is 9.93. The molecule has 2 aliphatic heterocycles. The fourth-order valence-corrected chi connectivity index (χ4v) is 6.91. The van der Waals surface area contributed by atoms with Crippen LogP contribution < -0.4 is 4.90 Å². The molecule has 2 saturated heterocycles. The van der Waals surface area contributed by atoms with E-state index in [0.29, 0.717) is 30.4 Å². The highest BCUT2D eigenvalue weighted by atomic mass is 32.2. The molecule has 2 fully saturated rings. The van der Waals surface area contributed by atoms with E-state index in [1.54, 1.807) is 38.1 Å². The molecular weight excluding hydrogens is 378 g/mol. The van der Waals surface area contributed by atoms with E-state index < -0.39 is 10.0 Å². The molecule has 1 amide bonds. The number of piperazine rings is 1. The smallest absolute Gasteiger partial charge is 0.252 e. The molecule has 1 atom stereocenters. The third-order valence-electron chi connectivity index (χ3n) is 5.14. The number of hydrogen-bond acceptors (Lipinski definition) is 6. The minimum absolute atomic E-state index is 0.0612. The molecular formula is C16H19N3O3S3. The van der Waals surface area contributed by atoms with Gasteiger partial charge in [-0.25, -0.2) is 8.42 Å². The molecule has 0 aliphatic carbocycles. The molecule has 1 spiro atoms. The Bertz CT molecular complexity index is 864. The number of thiophene rings is 2. The van der Waals surface area contributed by atoms with Gasteiger partial charge >= 0.3 is 0 Å². The number of nitrogens with zero attached hydrogens (tertiary/aromatic N) is 3. The molecule has 2 aromatic heterocycles. The van der Waals surface area contributed by atoms with E-state index in [2.05, 4.69) is 0 Å². The number of sulfonamides is 1. The molecule has 4 rings (SSSR count). The van der Waals surface area contributed by atoms with Crippen LogP contribution in [-0.4, -0.2) is 62.3 Å². The van der Waals surface area contributed by atoms with Crippen molar-refractivity contribution in [1.82, 2.24) is 9.21 Å². The summed E-state index contributed by atoms with van der Waals surface area (Å²) >= 11 is 2.80. The van der Waals surface area contributed by atoms with Crippen molar-refractivity contribution in [2.75, 3.05) is 38.1 Å². The maximum absolute atomic E-state index is 12.8. The maximum atomic E-state index is 12.8. The van der Waals surface area contributed by atoms with E-state index in [-0.39, 0.29) is 11.4 Å². The van der Waals surface area contributed by atoms with Crippen LogP contribution in [0.4, 0.5) is 5.69 Å². The van der Waals surface area contributed by atoms with E-state index in [1.165, 1.54) is 11.3 Å². The number of likely N-dealkylation sites (N-methyl/N-ethyl adjacent to an activating group) is 1. The third kappa shape index (κ3) is 2.83. The predicted molar refractivity (Wildman–Crippen MR) is 99.7 cm³/mol. The number of carbonyl (C=O) groups is 1. The van der Waals surface area contributed by atoms with Gasteiger partial charge in [0.15, 0.2) is 0 Å². The molecule has 4 heterocycles. The van der Waals surface area contributed by atoms with Crippen LogP contribution in [0.2, 0.25) is 0 Å². The van der Waals surface area contributed by atoms with Gasteiger partial charge in [-0.05, 0) is 36.4 Å². The summed E-state index contributed by atoms with van der Waals surface area (Å²) in [6, 6.07) is 5.35. The fraction of sp³-hybridized carbons (Fsp3) is 0.438. The third-order valence-corrected chi connectivity index (χ3v) is 9.03. The van der Waals surface area contributed by atoms with Gasteiger partial charge in [-0.15, -0.1) is 11.3 Å². The van der Waals surface area contributed by atoms with Crippen molar-refractivity contribution in [3.8, 4) is 0 Å². The second-order valence-electron chi connectivity index (χ2n) is 6.56. The summed E-state index contributed by atoms with van der Waals surface area (Å²) in [5.41, 5.74) is 0.572. The topological polar surface area (TPSA) is 60.9 Å². The highest BCUT2D eigenvalue weighted by Gasteiger charge is 2.50. The molecule has 2 aromatic rings. The average molecular weight is 398 g/mol. The van der Waals surface area contributed by atoms with Gasteiger partial charge in [-0.2, -0.15) is 15.6 Å². The SMILES string of the molecule is CN1CC(=O)N(c2ccsc2)CC12CCN(S(=O)(=O)c1cccs1)C2. The highest BCUT2D eigenvalue weighted by Crippen LogP contribution is 2.36. The number of anilines is 1. The Morgan fingerprint density at radius 3 is 2.72 bits per heavy atom. The molecule has 0 N–H and O–H groups in total. The molecule has 9 heteroatoms. The highest BCUT2D eigenvalue weighted by molar-refractivity contribution is 7.91. The van der Waals surface area contributed by atoms with E-state index in [9.17, 15) is 13.2 Å². The van der Waals surface area contributed by atoms with Crippen molar-refractivity contribution in [3.05, 3.63) is 34.3 Å². The lowest BCUT2D eigenvalue weighted by Gasteiger charge is -2.46. The number of carbonyl (C=O) groups excluding carboxylic acids is 1. The van der Waals surface area contributed by atoms with Crippen LogP contribution in [0.5, 0.6) is 0 Å². The van der Waals surface area contributed by atoms with Gasteiger partial charge in [0.2, 0.25) is 5.91 Å². The number of amides is 1. The van der Waals surface area contributed by atoms with E-state index >= 15 is 0 Å². The van der Waals surface area contributed by atoms with Crippen molar-refractivity contribution in [2.45, 2.75) is 16.2 Å². The van der Waals surface area contributed by atoms with Gasteiger partial charge in [-0.1, -0.05) is 6.07 Å². The van der Waals surface area contributed by atoms with Gasteiger partial charge in [0.1, 0.15) is 4.21 Å². The molecule has 0 saturated carbocycles. The molecule has 1 unspecified atom stereocenters. The Hall–Kier alpha value is -1.26. The van der Waals surface area contributed by atoms with Crippen LogP contribution >= 0.6 is 22.7 Å². The minimum Gasteiger partial charge on any atom is -0.309 e. The quantitative estimate of drug-likeness (QED) is 0.794. The molecule has 2 aliphatic rings. The summed E-state index contributed by atoms with van der Waals surface area (Å²) in [4.78, 5) is 16.3. The zero-order chi connectivity index (χ0) is 17.7. The van der Waals surface area contributed by atoms with E-state index in [1.807, 2.05) is 28.8 Å². The van der Waals surface area contributed by atoms with Crippen molar-refractivity contribution >= 4 is 44.3 Å². The lowest BCUT2D eigenvalue weighted by molar-refractivity contribution is -0.123. The first-order valence-corrected chi connectivity index (χ1v) is 11.3. The summed E-state index contributed by atoms with van der Waals surface area (Å²) in [5, 5.41) is 5.70. The van der Waals surface area contributed by atoms with Gasteiger partial charge in [0, 0.05) is 25.0 Å². The monoisotopic (exact) mass is 397 g/mol. The second-order valence-corrected chi connectivity index (χ2v) is 10.5. The van der Waals surface area contributed by atoms with E-state index in [0.717, 1.165) is 12.1 Å². The fourth-order valence-electron chi connectivity index (χ4n) is 3.61. The first-order valence-electron chi connectivity index (χ1n) is 8.00. The molecule has 0 bridgehead atoms. The average Bonchev–Trinajstić information content (AvgIpc) is 3.33. The number of rotatable bonds is 3. The van der Waals surface area contributed by atoms with Crippen LogP contribution in [-0.2, 0) is 14.8 Å². The number of hydrogen-bond donors (Lipinski definition) is 0. The van der Waals surface area contributed by atoms with Crippen molar-refractivity contribution in [3.63, 3.8) is 0 Å². The van der Waals surface area contributed by atoms with Crippen molar-refractivity contribution < 1.29 is 13.2 Å². The van der Waals surface area contributed by atoms with Crippen molar-refractivity contribution in [2.24, 2.45) is 0 Å². The van der Waals surface area contributed by atoms with Crippen LogP contribution in [0.1, 0.15) is 6.42 Å². The zero-order valence-electron chi connectivity index (χ0n) is 13.8. The summed E-state index contributed by atoms with van der Waals surface area (Å²) in [6.07, 6.45) is 0.724. The van der Waals surface area contributed by atoms with Crippen LogP contribution in [0.3, 0.4) is 0 Å². The van der Waals surface area contributed by atoms with Crippen LogP contribution in [0.25, 0.3) is 0 Å². The van der Waals surface area contributed by atoms with Gasteiger partial charge in [0.05, 0.1) is 17.8 Å². The minimum atomic E-state index is -3.46. The summed E-state index contributed by atoms with van der Waals surface area (Å²) in [6.45, 7) is 1.73. The largest absolute Gasteiger partial charge is 0.309 e. The standard InChI is InChI=1S/C16H19N3O3S3/c1-17-9-14(20)19(13-4-8-23-10-13)12-16(17)5-6-18(11-16)25(21,22)15-3-2-7-24-15/h2-4,7-8,10H,5-6,9,11-12H2,1H3. The van der Waals surface area contributed by atoms with Gasteiger partial charge in [-0.3, -0.25) is 9.69 Å². The predicted octanol–water partition coefficient (Wildman–Crippen LogP) is 1.92. The Morgan fingerprint density at radius 2 is 2.04 bits per heavy atom. The Kier molecular flexibility index (Phi) is 4.24. The lowest BCUT2D eigenvalue weighted by Crippen LogP contribution is -2.64. The normalized spacial score (nSPS) is 26.0. The first kappa shape index (κ1) is 17.2. The van der Waals surface area contributed by atoms with Crippen molar-refractivity contribution in [1.29, 1.82) is 0 Å². The van der Waals surface area contributed by atoms with E-state index in [4.69, 9.17) is 0 Å². The molecule has 25 heavy (non-hydrogen) atoms. The summed E-state index contributed by atoms with van der Waals surface area (Å²) in [7, 11) is -1.53. The molecule has 0 aromatic carbocycles. The Labute approximate surface area is 155 Å².